The molecule has 1 aliphatic carbocycles. The van der Waals surface area contributed by atoms with Gasteiger partial charge in [-0.15, -0.1) is 0 Å². The van der Waals surface area contributed by atoms with Crippen molar-refractivity contribution in [2.75, 3.05) is 0 Å². The van der Waals surface area contributed by atoms with E-state index in [1.54, 1.807) is 0 Å². The number of para-hydroxylation sites is 1. The minimum Gasteiger partial charge on any atom is -0.310 e. The molecule has 0 spiro atoms. The Hall–Kier alpha value is -3.61. The SMILES string of the molecule is O=P(c1ccccc1)(c1ccccc1)c1ccc(-n2c3c(c4ccccc42)CCC=C3)cc1. The summed E-state index contributed by atoms with van der Waals surface area (Å²) in [6, 6.07) is 36.6. The summed E-state index contributed by atoms with van der Waals surface area (Å²) in [6.45, 7) is 0. The molecule has 4 aromatic carbocycles. The summed E-state index contributed by atoms with van der Waals surface area (Å²) in [6.07, 6.45) is 6.64. The molecule has 0 amide bonds. The Morgan fingerprint density at radius 2 is 1.21 bits per heavy atom. The summed E-state index contributed by atoms with van der Waals surface area (Å²) in [4.78, 5) is 0. The smallest absolute Gasteiger partial charge is 0.171 e. The topological polar surface area (TPSA) is 22.0 Å². The van der Waals surface area contributed by atoms with Crippen molar-refractivity contribution in [2.45, 2.75) is 12.8 Å². The second kappa shape index (κ2) is 8.06. The Morgan fingerprint density at radius 1 is 0.636 bits per heavy atom. The Kier molecular flexibility index (Phi) is 4.89. The van der Waals surface area contributed by atoms with E-state index in [4.69, 9.17) is 0 Å². The molecule has 2 nitrogen and oxygen atoms in total. The molecule has 0 unspecified atom stereocenters. The van der Waals surface area contributed by atoms with E-state index < -0.39 is 7.14 Å². The first kappa shape index (κ1) is 20.0. The summed E-state index contributed by atoms with van der Waals surface area (Å²) < 4.78 is 17.0. The van der Waals surface area contributed by atoms with Crippen molar-refractivity contribution < 1.29 is 4.57 Å². The van der Waals surface area contributed by atoms with Crippen LogP contribution in [0.3, 0.4) is 0 Å². The fraction of sp³-hybridized carbons (Fsp3) is 0.0667. The van der Waals surface area contributed by atoms with Gasteiger partial charge in [0.05, 0.1) is 5.52 Å². The van der Waals surface area contributed by atoms with E-state index in [0.717, 1.165) is 34.4 Å². The maximum absolute atomic E-state index is 14.6. The Morgan fingerprint density at radius 3 is 1.88 bits per heavy atom. The minimum absolute atomic E-state index is 0.851. The average Bonchev–Trinajstić information content (AvgIpc) is 3.24. The lowest BCUT2D eigenvalue weighted by Gasteiger charge is -2.20. The molecule has 0 saturated heterocycles. The lowest BCUT2D eigenvalue weighted by molar-refractivity contribution is 0.592. The van der Waals surface area contributed by atoms with Gasteiger partial charge in [0.15, 0.2) is 7.14 Å². The quantitative estimate of drug-likeness (QED) is 0.301. The van der Waals surface area contributed by atoms with Crippen molar-refractivity contribution >= 4 is 40.0 Å². The number of hydrogen-bond acceptors (Lipinski definition) is 1. The van der Waals surface area contributed by atoms with Crippen LogP contribution < -0.4 is 15.9 Å². The lowest BCUT2D eigenvalue weighted by atomic mass is 10.0. The van der Waals surface area contributed by atoms with Gasteiger partial charge in [-0.05, 0) is 54.8 Å². The fourth-order valence-electron chi connectivity index (χ4n) is 5.00. The van der Waals surface area contributed by atoms with Crippen molar-refractivity contribution in [3.05, 3.63) is 127 Å². The van der Waals surface area contributed by atoms with Crippen LogP contribution in [-0.2, 0) is 11.0 Å². The van der Waals surface area contributed by atoms with Gasteiger partial charge in [0.2, 0.25) is 0 Å². The van der Waals surface area contributed by atoms with E-state index in [1.807, 2.05) is 72.8 Å². The molecule has 1 aliphatic rings. The van der Waals surface area contributed by atoms with Gasteiger partial charge in [-0.2, -0.15) is 0 Å². The minimum atomic E-state index is -2.97. The highest BCUT2D eigenvalue weighted by molar-refractivity contribution is 7.85. The monoisotopic (exact) mass is 445 g/mol. The van der Waals surface area contributed by atoms with E-state index >= 15 is 0 Å². The second-order valence-corrected chi connectivity index (χ2v) is 11.2. The predicted octanol–water partition coefficient (Wildman–Crippen LogP) is 6.23. The molecule has 0 N–H and O–H groups in total. The Bertz CT molecular complexity index is 1470. The van der Waals surface area contributed by atoms with Gasteiger partial charge in [0.1, 0.15) is 0 Å². The fourth-order valence-corrected chi connectivity index (χ4v) is 7.65. The highest BCUT2D eigenvalue weighted by Gasteiger charge is 2.29. The third-order valence-electron chi connectivity index (χ3n) is 6.57. The summed E-state index contributed by atoms with van der Waals surface area (Å²) in [5.74, 6) is 0. The molecule has 6 rings (SSSR count). The molecule has 1 heterocycles. The van der Waals surface area contributed by atoms with Crippen LogP contribution in [0.5, 0.6) is 0 Å². The molecule has 0 bridgehead atoms. The molecular formula is C30H24NOP. The van der Waals surface area contributed by atoms with E-state index in [-0.39, 0.29) is 0 Å². The molecule has 5 aromatic rings. The van der Waals surface area contributed by atoms with Gasteiger partial charge >= 0.3 is 0 Å². The number of benzene rings is 4. The zero-order valence-corrected chi connectivity index (χ0v) is 19.2. The molecule has 1 aromatic heterocycles. The van der Waals surface area contributed by atoms with Crippen LogP contribution in [0.4, 0.5) is 0 Å². The molecule has 0 fully saturated rings. The van der Waals surface area contributed by atoms with Gasteiger partial charge in [-0.1, -0.05) is 84.9 Å². The van der Waals surface area contributed by atoms with Crippen molar-refractivity contribution in [3.8, 4) is 5.69 Å². The van der Waals surface area contributed by atoms with Crippen molar-refractivity contribution in [1.29, 1.82) is 0 Å². The van der Waals surface area contributed by atoms with E-state index in [9.17, 15) is 4.57 Å². The molecule has 0 atom stereocenters. The van der Waals surface area contributed by atoms with Crippen LogP contribution in [0.1, 0.15) is 17.7 Å². The molecule has 160 valence electrons. The van der Waals surface area contributed by atoms with Gasteiger partial charge < -0.3 is 9.13 Å². The maximum atomic E-state index is 14.6. The zero-order valence-electron chi connectivity index (χ0n) is 18.3. The van der Waals surface area contributed by atoms with Crippen LogP contribution in [-0.4, -0.2) is 4.57 Å². The third kappa shape index (κ3) is 3.22. The van der Waals surface area contributed by atoms with Gasteiger partial charge in [-0.3, -0.25) is 0 Å². The first-order chi connectivity index (χ1) is 16.3. The van der Waals surface area contributed by atoms with Gasteiger partial charge in [-0.25, -0.2) is 0 Å². The Balaban J connectivity index is 1.52. The summed E-state index contributed by atoms with van der Waals surface area (Å²) in [7, 11) is -2.97. The second-order valence-electron chi connectivity index (χ2n) is 8.45. The van der Waals surface area contributed by atoms with Gasteiger partial charge in [0, 0.05) is 32.7 Å². The predicted molar refractivity (Wildman–Crippen MR) is 140 cm³/mol. The van der Waals surface area contributed by atoms with Crippen molar-refractivity contribution in [2.24, 2.45) is 0 Å². The normalized spacial score (nSPS) is 13.2. The molecule has 0 radical (unpaired) electrons. The van der Waals surface area contributed by atoms with Crippen molar-refractivity contribution in [1.82, 2.24) is 4.57 Å². The third-order valence-corrected chi connectivity index (χ3v) is 9.64. The highest BCUT2D eigenvalue weighted by Crippen LogP contribution is 2.42. The maximum Gasteiger partial charge on any atom is 0.171 e. The number of nitrogens with zero attached hydrogens (tertiary/aromatic N) is 1. The highest BCUT2D eigenvalue weighted by atomic mass is 31.2. The molecular weight excluding hydrogens is 421 g/mol. The van der Waals surface area contributed by atoms with Crippen LogP contribution in [0.2, 0.25) is 0 Å². The number of hydrogen-bond donors (Lipinski definition) is 0. The number of rotatable bonds is 4. The first-order valence-corrected chi connectivity index (χ1v) is 13.1. The van der Waals surface area contributed by atoms with Crippen LogP contribution >= 0.6 is 7.14 Å². The summed E-state index contributed by atoms with van der Waals surface area (Å²) in [5, 5.41) is 3.89. The van der Waals surface area contributed by atoms with Gasteiger partial charge in [0.25, 0.3) is 0 Å². The Labute approximate surface area is 194 Å². The van der Waals surface area contributed by atoms with Crippen molar-refractivity contribution in [3.63, 3.8) is 0 Å². The molecule has 33 heavy (non-hydrogen) atoms. The standard InChI is InChI=1S/C30H24NOP/c32-33(24-11-3-1-4-12-24,25-13-5-2-6-14-25)26-21-19-23(20-22-26)31-29-17-9-7-15-27(29)28-16-8-10-18-30(28)31/h1-7,9-15,17-22H,8,16H2. The molecule has 0 saturated carbocycles. The first-order valence-electron chi connectivity index (χ1n) is 11.4. The number of aromatic nitrogens is 1. The average molecular weight is 446 g/mol. The molecule has 3 heteroatoms. The summed E-state index contributed by atoms with van der Waals surface area (Å²) >= 11 is 0. The van der Waals surface area contributed by atoms with E-state index in [0.29, 0.717) is 0 Å². The van der Waals surface area contributed by atoms with Crippen LogP contribution in [0.15, 0.2) is 115 Å². The number of allylic oxidation sites excluding steroid dienone is 1. The number of aryl methyl sites for hydroxylation is 1. The largest absolute Gasteiger partial charge is 0.310 e. The lowest BCUT2D eigenvalue weighted by Crippen LogP contribution is -2.25. The summed E-state index contributed by atoms with van der Waals surface area (Å²) in [5.41, 5.74) is 4.98. The van der Waals surface area contributed by atoms with Crippen LogP contribution in [0.25, 0.3) is 22.7 Å². The molecule has 0 aliphatic heterocycles. The number of fused-ring (bicyclic) bond motifs is 3. The van der Waals surface area contributed by atoms with E-state index in [1.165, 1.54) is 22.2 Å². The zero-order chi connectivity index (χ0) is 22.3. The van der Waals surface area contributed by atoms with Crippen LogP contribution in [0, 0.1) is 0 Å². The van der Waals surface area contributed by atoms with E-state index in [2.05, 4.69) is 53.1 Å².